The van der Waals surface area contributed by atoms with Gasteiger partial charge in [-0.1, -0.05) is 11.6 Å². The van der Waals surface area contributed by atoms with Crippen LogP contribution in [0.4, 0.5) is 10.5 Å². The van der Waals surface area contributed by atoms with Gasteiger partial charge >= 0.3 is 6.09 Å². The van der Waals surface area contributed by atoms with Crippen LogP contribution in [-0.2, 0) is 11.3 Å². The lowest BCUT2D eigenvalue weighted by atomic mass is 10.2. The number of carbonyl (C=O) groups excluding carboxylic acids is 1. The lowest BCUT2D eigenvalue weighted by Gasteiger charge is -2.27. The molecule has 3 aromatic heterocycles. The maximum Gasteiger partial charge on any atom is 0.415 e. The molecule has 0 unspecified atom stereocenters. The van der Waals surface area contributed by atoms with Crippen LogP contribution in [0.15, 0.2) is 34.3 Å². The number of amides is 1. The molecular formula is C18H19ClN2O3S. The van der Waals surface area contributed by atoms with Crippen molar-refractivity contribution in [3.63, 3.8) is 0 Å². The molecule has 0 aromatic carbocycles. The number of carbonyl (C=O) groups is 1. The molecule has 0 saturated carbocycles. The summed E-state index contributed by atoms with van der Waals surface area (Å²) < 4.78 is 11.9. The van der Waals surface area contributed by atoms with Gasteiger partial charge in [0, 0.05) is 6.07 Å². The first-order valence-corrected chi connectivity index (χ1v) is 9.07. The zero-order valence-corrected chi connectivity index (χ0v) is 16.1. The number of nitrogens with zero attached hydrogens (tertiary/aromatic N) is 2. The molecule has 5 nitrogen and oxygen atoms in total. The Morgan fingerprint density at radius 1 is 1.44 bits per heavy atom. The monoisotopic (exact) mass is 378 g/mol. The van der Waals surface area contributed by atoms with E-state index in [1.165, 1.54) is 16.2 Å². The fourth-order valence-corrected chi connectivity index (χ4v) is 3.60. The molecule has 0 aliphatic rings. The summed E-state index contributed by atoms with van der Waals surface area (Å²) in [5.41, 5.74) is 1.87. The van der Waals surface area contributed by atoms with Crippen LogP contribution in [0.25, 0.3) is 10.2 Å². The number of aromatic nitrogens is 1. The van der Waals surface area contributed by atoms with Crippen LogP contribution in [0.1, 0.15) is 32.1 Å². The molecule has 0 bridgehead atoms. The molecule has 3 rings (SSSR count). The van der Waals surface area contributed by atoms with Crippen LogP contribution in [0.2, 0.25) is 5.15 Å². The largest absolute Gasteiger partial charge is 0.467 e. The van der Waals surface area contributed by atoms with Crippen molar-refractivity contribution in [2.45, 2.75) is 39.8 Å². The fourth-order valence-electron chi connectivity index (χ4n) is 2.40. The predicted octanol–water partition coefficient (Wildman–Crippen LogP) is 5.79. The van der Waals surface area contributed by atoms with Gasteiger partial charge in [-0.2, -0.15) is 0 Å². The minimum absolute atomic E-state index is 0.244. The first-order chi connectivity index (χ1) is 11.7. The van der Waals surface area contributed by atoms with Gasteiger partial charge in [-0.3, -0.25) is 4.90 Å². The number of thiophene rings is 1. The quantitative estimate of drug-likeness (QED) is 0.541. The van der Waals surface area contributed by atoms with Gasteiger partial charge in [0.1, 0.15) is 16.5 Å². The van der Waals surface area contributed by atoms with Gasteiger partial charge in [-0.05, 0) is 50.8 Å². The summed E-state index contributed by atoms with van der Waals surface area (Å²) in [5.74, 6) is 0.653. The highest BCUT2D eigenvalue weighted by molar-refractivity contribution is 7.18. The topological polar surface area (TPSA) is 55.6 Å². The molecule has 0 fully saturated rings. The normalized spacial score (nSPS) is 11.7. The van der Waals surface area contributed by atoms with Crippen molar-refractivity contribution in [2.75, 3.05) is 4.90 Å². The highest BCUT2D eigenvalue weighted by Gasteiger charge is 2.27. The van der Waals surface area contributed by atoms with E-state index >= 15 is 0 Å². The van der Waals surface area contributed by atoms with Crippen LogP contribution in [0, 0.1) is 6.92 Å². The molecule has 132 valence electrons. The minimum atomic E-state index is -0.611. The Morgan fingerprint density at radius 3 is 2.84 bits per heavy atom. The van der Waals surface area contributed by atoms with Gasteiger partial charge in [0.15, 0.2) is 0 Å². The summed E-state index contributed by atoms with van der Waals surface area (Å²) in [6, 6.07) is 5.29. The molecule has 7 heteroatoms. The Kier molecular flexibility index (Phi) is 4.75. The third kappa shape index (κ3) is 3.96. The number of aryl methyl sites for hydroxylation is 1. The second kappa shape index (κ2) is 6.69. The van der Waals surface area contributed by atoms with Crippen LogP contribution in [-0.4, -0.2) is 16.7 Å². The molecule has 0 N–H and O–H groups in total. The molecule has 0 radical (unpaired) electrons. The second-order valence-electron chi connectivity index (χ2n) is 6.71. The molecule has 0 spiro atoms. The smallest absolute Gasteiger partial charge is 0.415 e. The van der Waals surface area contributed by atoms with E-state index in [9.17, 15) is 4.79 Å². The Balaban J connectivity index is 2.09. The van der Waals surface area contributed by atoms with Crippen LogP contribution >= 0.6 is 22.9 Å². The lowest BCUT2D eigenvalue weighted by Crippen LogP contribution is -2.36. The van der Waals surface area contributed by atoms with E-state index < -0.39 is 11.7 Å². The molecule has 0 saturated heterocycles. The maximum absolute atomic E-state index is 12.9. The zero-order chi connectivity index (χ0) is 18.2. The summed E-state index contributed by atoms with van der Waals surface area (Å²) in [6.07, 6.45) is 1.12. The van der Waals surface area contributed by atoms with E-state index in [0.29, 0.717) is 16.6 Å². The molecular weight excluding hydrogens is 360 g/mol. The van der Waals surface area contributed by atoms with Gasteiger partial charge in [0.25, 0.3) is 0 Å². The molecule has 3 heterocycles. The number of fused-ring (bicyclic) bond motifs is 1. The molecule has 0 atom stereocenters. The highest BCUT2D eigenvalue weighted by Crippen LogP contribution is 2.36. The first-order valence-electron chi connectivity index (χ1n) is 7.82. The Labute approximate surface area is 155 Å². The number of hydrogen-bond acceptors (Lipinski definition) is 5. The van der Waals surface area contributed by atoms with Crippen molar-refractivity contribution >= 4 is 44.9 Å². The SMILES string of the molecule is Cc1csc2c(N(Cc3ccco3)C(=O)OC(C)(C)C)cc(Cl)nc12. The number of ether oxygens (including phenoxy) is 1. The predicted molar refractivity (Wildman–Crippen MR) is 100 cm³/mol. The van der Waals surface area contributed by atoms with E-state index in [1.807, 2.05) is 39.1 Å². The first kappa shape index (κ1) is 17.8. The van der Waals surface area contributed by atoms with Crippen LogP contribution in [0.5, 0.6) is 0 Å². The van der Waals surface area contributed by atoms with Crippen LogP contribution in [0.3, 0.4) is 0 Å². The second-order valence-corrected chi connectivity index (χ2v) is 7.97. The van der Waals surface area contributed by atoms with Gasteiger partial charge in [-0.25, -0.2) is 9.78 Å². The van der Waals surface area contributed by atoms with E-state index in [-0.39, 0.29) is 6.54 Å². The average molecular weight is 379 g/mol. The molecule has 25 heavy (non-hydrogen) atoms. The lowest BCUT2D eigenvalue weighted by molar-refractivity contribution is 0.0575. The van der Waals surface area contributed by atoms with E-state index in [2.05, 4.69) is 4.98 Å². The van der Waals surface area contributed by atoms with Crippen LogP contribution < -0.4 is 4.90 Å². The van der Waals surface area contributed by atoms with Crippen molar-refractivity contribution < 1.29 is 13.9 Å². The summed E-state index contributed by atoms with van der Waals surface area (Å²) >= 11 is 7.73. The van der Waals surface area contributed by atoms with Crippen molar-refractivity contribution in [1.29, 1.82) is 0 Å². The number of hydrogen-bond donors (Lipinski definition) is 0. The Hall–Kier alpha value is -2.05. The molecule has 0 aliphatic carbocycles. The highest BCUT2D eigenvalue weighted by atomic mass is 35.5. The third-order valence-electron chi connectivity index (χ3n) is 3.45. The van der Waals surface area contributed by atoms with Crippen molar-refractivity contribution in [2.24, 2.45) is 0 Å². The minimum Gasteiger partial charge on any atom is -0.467 e. The molecule has 3 aromatic rings. The zero-order valence-electron chi connectivity index (χ0n) is 14.5. The standard InChI is InChI=1S/C18H19ClN2O3S/c1-11-10-25-16-13(8-14(19)20-15(11)16)21(9-12-6-5-7-23-12)17(22)24-18(2,3)4/h5-8,10H,9H2,1-4H3. The van der Waals surface area contributed by atoms with E-state index in [1.54, 1.807) is 18.4 Å². The van der Waals surface area contributed by atoms with Gasteiger partial charge in [-0.15, -0.1) is 11.3 Å². The van der Waals surface area contributed by atoms with Gasteiger partial charge in [0.2, 0.25) is 0 Å². The van der Waals surface area contributed by atoms with E-state index in [4.69, 9.17) is 20.8 Å². The van der Waals surface area contributed by atoms with Crippen molar-refractivity contribution in [3.05, 3.63) is 46.3 Å². The summed E-state index contributed by atoms with van der Waals surface area (Å²) in [7, 11) is 0. The Morgan fingerprint density at radius 2 is 2.20 bits per heavy atom. The third-order valence-corrected chi connectivity index (χ3v) is 4.75. The fraction of sp³-hybridized carbons (Fsp3) is 0.333. The van der Waals surface area contributed by atoms with Crippen molar-refractivity contribution in [1.82, 2.24) is 4.98 Å². The summed E-state index contributed by atoms with van der Waals surface area (Å²) in [4.78, 5) is 18.8. The van der Waals surface area contributed by atoms with Crippen molar-refractivity contribution in [3.8, 4) is 0 Å². The number of pyridine rings is 1. The number of furan rings is 1. The summed E-state index contributed by atoms with van der Waals surface area (Å²) in [5, 5.41) is 2.33. The molecule has 1 amide bonds. The maximum atomic E-state index is 12.9. The number of halogens is 1. The average Bonchev–Trinajstić information content (AvgIpc) is 3.13. The molecule has 0 aliphatic heterocycles. The number of rotatable bonds is 3. The van der Waals surface area contributed by atoms with E-state index in [0.717, 1.165) is 15.8 Å². The number of anilines is 1. The Bertz CT molecular complexity index is 897. The summed E-state index contributed by atoms with van der Waals surface area (Å²) in [6.45, 7) is 7.71. The van der Waals surface area contributed by atoms with Gasteiger partial charge in [0.05, 0.1) is 28.7 Å². The van der Waals surface area contributed by atoms with Gasteiger partial charge < -0.3 is 9.15 Å².